The zero-order valence-electron chi connectivity index (χ0n) is 13.8. The summed E-state index contributed by atoms with van der Waals surface area (Å²) in [5.74, 6) is -0.00766. The van der Waals surface area contributed by atoms with Crippen molar-refractivity contribution in [1.82, 2.24) is 19.7 Å². The summed E-state index contributed by atoms with van der Waals surface area (Å²) in [6.07, 6.45) is 1.39. The van der Waals surface area contributed by atoms with E-state index in [-0.39, 0.29) is 24.3 Å². The minimum absolute atomic E-state index is 0.0164. The molecular formula is C19H17N5O. The second kappa shape index (κ2) is 7.41. The predicted molar refractivity (Wildman–Crippen MR) is 92.2 cm³/mol. The van der Waals surface area contributed by atoms with Gasteiger partial charge in [-0.1, -0.05) is 60.7 Å². The van der Waals surface area contributed by atoms with Crippen LogP contribution in [0.25, 0.3) is 0 Å². The minimum atomic E-state index is -0.211. The van der Waals surface area contributed by atoms with Gasteiger partial charge in [-0.2, -0.15) is 5.26 Å². The van der Waals surface area contributed by atoms with Gasteiger partial charge in [0.1, 0.15) is 18.9 Å². The van der Waals surface area contributed by atoms with Crippen molar-refractivity contribution in [3.63, 3.8) is 0 Å². The van der Waals surface area contributed by atoms with E-state index in [0.717, 1.165) is 11.1 Å². The fraction of sp³-hybridized carbons (Fsp3) is 0.158. The van der Waals surface area contributed by atoms with Gasteiger partial charge in [-0.25, -0.2) is 0 Å². The van der Waals surface area contributed by atoms with E-state index >= 15 is 0 Å². The quantitative estimate of drug-likeness (QED) is 0.719. The molecule has 25 heavy (non-hydrogen) atoms. The van der Waals surface area contributed by atoms with Crippen molar-refractivity contribution in [2.45, 2.75) is 12.6 Å². The molecule has 0 N–H and O–H groups in total. The van der Waals surface area contributed by atoms with Crippen LogP contribution in [0, 0.1) is 11.3 Å². The summed E-state index contributed by atoms with van der Waals surface area (Å²) in [5.41, 5.74) is 2.04. The Balaban J connectivity index is 1.91. The molecule has 0 aliphatic heterocycles. The van der Waals surface area contributed by atoms with Crippen LogP contribution >= 0.6 is 0 Å². The number of benzene rings is 2. The van der Waals surface area contributed by atoms with Gasteiger partial charge < -0.3 is 4.90 Å². The molecule has 1 aromatic heterocycles. The molecule has 6 nitrogen and oxygen atoms in total. The summed E-state index contributed by atoms with van der Waals surface area (Å²) in [6.45, 7) is 0.0164. The van der Waals surface area contributed by atoms with Gasteiger partial charge in [0.25, 0.3) is 0 Å². The first kappa shape index (κ1) is 16.4. The topological polar surface area (TPSA) is 74.8 Å². The van der Waals surface area contributed by atoms with Gasteiger partial charge in [0, 0.05) is 7.05 Å². The number of nitriles is 1. The van der Waals surface area contributed by atoms with Crippen molar-refractivity contribution < 1.29 is 4.79 Å². The Morgan fingerprint density at radius 3 is 2.20 bits per heavy atom. The fourth-order valence-corrected chi connectivity index (χ4v) is 2.77. The number of aromatic nitrogens is 3. The van der Waals surface area contributed by atoms with Gasteiger partial charge in [-0.05, 0) is 11.1 Å². The van der Waals surface area contributed by atoms with E-state index in [2.05, 4.69) is 10.2 Å². The number of carbonyl (C=O) groups is 1. The number of likely N-dealkylation sites (N-methyl/N-ethyl adjacent to an activating group) is 1. The summed E-state index contributed by atoms with van der Waals surface area (Å²) in [6, 6.07) is 21.4. The number of carbonyl (C=O) groups excluding carboxylic acids is 1. The van der Waals surface area contributed by atoms with Gasteiger partial charge in [0.05, 0.1) is 6.04 Å². The van der Waals surface area contributed by atoms with E-state index in [0.29, 0.717) is 0 Å². The lowest BCUT2D eigenvalue weighted by molar-refractivity contribution is -0.132. The maximum atomic E-state index is 12.8. The molecule has 1 heterocycles. The summed E-state index contributed by atoms with van der Waals surface area (Å²) >= 11 is 0. The maximum absolute atomic E-state index is 12.8. The van der Waals surface area contributed by atoms with Gasteiger partial charge in [-0.15, -0.1) is 10.2 Å². The number of amides is 1. The molecule has 0 aliphatic carbocycles. The predicted octanol–water partition coefficient (Wildman–Crippen LogP) is 2.40. The van der Waals surface area contributed by atoms with Crippen LogP contribution < -0.4 is 0 Å². The van der Waals surface area contributed by atoms with Crippen molar-refractivity contribution >= 4 is 5.91 Å². The molecule has 2 aromatic carbocycles. The molecular weight excluding hydrogens is 314 g/mol. The highest BCUT2D eigenvalue weighted by Crippen LogP contribution is 2.27. The molecule has 3 aromatic rings. The van der Waals surface area contributed by atoms with Gasteiger partial charge in [0.15, 0.2) is 0 Å². The van der Waals surface area contributed by atoms with Gasteiger partial charge >= 0.3 is 0 Å². The van der Waals surface area contributed by atoms with Crippen molar-refractivity contribution in [2.24, 2.45) is 0 Å². The molecule has 0 saturated heterocycles. The Morgan fingerprint density at radius 2 is 1.68 bits per heavy atom. The summed E-state index contributed by atoms with van der Waals surface area (Å²) in [5, 5.41) is 16.4. The third kappa shape index (κ3) is 3.56. The molecule has 0 spiro atoms. The Kier molecular flexibility index (Phi) is 4.86. The molecule has 0 bridgehead atoms. The Morgan fingerprint density at radius 1 is 1.12 bits per heavy atom. The van der Waals surface area contributed by atoms with E-state index in [4.69, 9.17) is 5.26 Å². The molecule has 1 amide bonds. The molecule has 0 atom stereocenters. The highest BCUT2D eigenvalue weighted by atomic mass is 16.2. The van der Waals surface area contributed by atoms with Crippen LogP contribution in [0.3, 0.4) is 0 Å². The van der Waals surface area contributed by atoms with Crippen LogP contribution in [0.4, 0.5) is 0 Å². The third-order valence-corrected chi connectivity index (χ3v) is 4.03. The van der Waals surface area contributed by atoms with Crippen LogP contribution in [0.15, 0.2) is 67.0 Å². The summed E-state index contributed by atoms with van der Waals surface area (Å²) in [7, 11) is 1.77. The fourth-order valence-electron chi connectivity index (χ4n) is 2.77. The molecule has 124 valence electrons. The average molecular weight is 331 g/mol. The van der Waals surface area contributed by atoms with E-state index in [1.54, 1.807) is 11.9 Å². The van der Waals surface area contributed by atoms with E-state index in [9.17, 15) is 4.79 Å². The van der Waals surface area contributed by atoms with Crippen LogP contribution in [0.1, 0.15) is 23.0 Å². The zero-order valence-corrected chi connectivity index (χ0v) is 13.8. The Labute approximate surface area is 146 Å². The van der Waals surface area contributed by atoms with Crippen LogP contribution in [0.2, 0.25) is 0 Å². The second-order valence-electron chi connectivity index (χ2n) is 5.62. The standard InChI is InChI=1S/C19H17N5O/c1-23(18(25)13-24-14-21-22-17(24)12-20)19(15-8-4-2-5-9-15)16-10-6-3-7-11-16/h2-11,14,19H,13H2,1H3. The monoisotopic (exact) mass is 331 g/mol. The van der Waals surface area contributed by atoms with Gasteiger partial charge in [-0.3, -0.25) is 9.36 Å². The number of nitrogens with zero attached hydrogens (tertiary/aromatic N) is 5. The molecule has 3 rings (SSSR count). The highest BCUT2D eigenvalue weighted by Gasteiger charge is 2.24. The largest absolute Gasteiger partial charge is 0.333 e. The van der Waals surface area contributed by atoms with E-state index in [1.807, 2.05) is 66.7 Å². The van der Waals surface area contributed by atoms with Crippen LogP contribution in [0.5, 0.6) is 0 Å². The molecule has 0 unspecified atom stereocenters. The molecule has 6 heteroatoms. The highest BCUT2D eigenvalue weighted by molar-refractivity contribution is 5.77. The lowest BCUT2D eigenvalue weighted by Crippen LogP contribution is -2.34. The lowest BCUT2D eigenvalue weighted by atomic mass is 9.97. The Bertz CT molecular complexity index is 843. The minimum Gasteiger partial charge on any atom is -0.333 e. The van der Waals surface area contributed by atoms with Gasteiger partial charge in [0.2, 0.25) is 11.7 Å². The van der Waals surface area contributed by atoms with Crippen LogP contribution in [-0.2, 0) is 11.3 Å². The van der Waals surface area contributed by atoms with Crippen LogP contribution in [-0.4, -0.2) is 32.6 Å². The Hall–Kier alpha value is -3.46. The van der Waals surface area contributed by atoms with E-state index < -0.39 is 0 Å². The first-order valence-corrected chi connectivity index (χ1v) is 7.84. The summed E-state index contributed by atoms with van der Waals surface area (Å²) in [4.78, 5) is 14.5. The molecule has 0 saturated carbocycles. The zero-order chi connectivity index (χ0) is 17.6. The third-order valence-electron chi connectivity index (χ3n) is 4.03. The number of rotatable bonds is 5. The van der Waals surface area contributed by atoms with Crippen molar-refractivity contribution in [2.75, 3.05) is 7.05 Å². The normalized spacial score (nSPS) is 10.4. The molecule has 0 fully saturated rings. The molecule has 0 aliphatic rings. The van der Waals surface area contributed by atoms with Crippen molar-refractivity contribution in [3.05, 3.63) is 83.9 Å². The average Bonchev–Trinajstić information content (AvgIpc) is 3.10. The summed E-state index contributed by atoms with van der Waals surface area (Å²) < 4.78 is 1.45. The van der Waals surface area contributed by atoms with E-state index in [1.165, 1.54) is 10.9 Å². The van der Waals surface area contributed by atoms with Crippen molar-refractivity contribution in [3.8, 4) is 6.07 Å². The first-order chi connectivity index (χ1) is 12.2. The molecule has 0 radical (unpaired) electrons. The SMILES string of the molecule is CN(C(=O)Cn1cnnc1C#N)C(c1ccccc1)c1ccccc1. The smallest absolute Gasteiger partial charge is 0.243 e. The lowest BCUT2D eigenvalue weighted by Gasteiger charge is -2.29. The second-order valence-corrected chi connectivity index (χ2v) is 5.62. The maximum Gasteiger partial charge on any atom is 0.243 e. The number of hydrogen-bond donors (Lipinski definition) is 0. The number of hydrogen-bond acceptors (Lipinski definition) is 4. The first-order valence-electron chi connectivity index (χ1n) is 7.84. The van der Waals surface area contributed by atoms with Crippen molar-refractivity contribution in [1.29, 1.82) is 5.26 Å².